The molecule has 0 saturated carbocycles. The molecule has 0 fully saturated rings. The second kappa shape index (κ2) is 13.7. The van der Waals surface area contributed by atoms with Gasteiger partial charge in [0.05, 0.1) is 0 Å². The Balaban J connectivity index is 0.000000409. The van der Waals surface area contributed by atoms with Crippen LogP contribution in [0, 0.1) is 0 Å². The zero-order valence-electron chi connectivity index (χ0n) is 17.1. The first kappa shape index (κ1) is 21.8. The van der Waals surface area contributed by atoms with Gasteiger partial charge in [-0.3, -0.25) is 4.90 Å². The van der Waals surface area contributed by atoms with E-state index in [2.05, 4.69) is 107 Å². The van der Waals surface area contributed by atoms with Crippen molar-refractivity contribution in [1.82, 2.24) is 15.5 Å². The standard InChI is InChI=1S/C21H21N.C4H12N2/c1-4-10-19(11-5-1)16-22(17-20-12-6-2-7-13-20)18-21-14-8-3-9-15-21;1-5-3-4-6-2/h1-15H,16-18H2;5-6H,3-4H2,1-2H3. The zero-order chi connectivity index (χ0) is 19.9. The summed E-state index contributed by atoms with van der Waals surface area (Å²) in [6.45, 7) is 4.99. The summed E-state index contributed by atoms with van der Waals surface area (Å²) in [5.74, 6) is 0. The highest BCUT2D eigenvalue weighted by atomic mass is 15.1. The Morgan fingerprint density at radius 3 is 1.04 bits per heavy atom. The van der Waals surface area contributed by atoms with E-state index in [4.69, 9.17) is 0 Å². The van der Waals surface area contributed by atoms with Crippen molar-refractivity contribution in [2.45, 2.75) is 19.6 Å². The van der Waals surface area contributed by atoms with Crippen LogP contribution < -0.4 is 10.6 Å². The van der Waals surface area contributed by atoms with Crippen LogP contribution in [0.5, 0.6) is 0 Å². The first-order valence-corrected chi connectivity index (χ1v) is 9.95. The minimum absolute atomic E-state index is 0.963. The average molecular weight is 376 g/mol. The lowest BCUT2D eigenvalue weighted by atomic mass is 10.1. The van der Waals surface area contributed by atoms with Crippen molar-refractivity contribution < 1.29 is 0 Å². The van der Waals surface area contributed by atoms with Crippen LogP contribution in [0.2, 0.25) is 0 Å². The molecule has 2 N–H and O–H groups in total. The lowest BCUT2D eigenvalue weighted by molar-refractivity contribution is 0.247. The number of likely N-dealkylation sites (N-methyl/N-ethyl adjacent to an activating group) is 2. The number of rotatable bonds is 9. The summed E-state index contributed by atoms with van der Waals surface area (Å²) in [7, 11) is 3.88. The Kier molecular flexibility index (Phi) is 10.7. The van der Waals surface area contributed by atoms with Gasteiger partial charge in [0.15, 0.2) is 0 Å². The van der Waals surface area contributed by atoms with Crippen LogP contribution in [-0.4, -0.2) is 32.1 Å². The van der Waals surface area contributed by atoms with Crippen molar-refractivity contribution in [3.63, 3.8) is 0 Å². The van der Waals surface area contributed by atoms with Crippen LogP contribution in [0.4, 0.5) is 0 Å². The van der Waals surface area contributed by atoms with Gasteiger partial charge >= 0.3 is 0 Å². The highest BCUT2D eigenvalue weighted by Crippen LogP contribution is 2.14. The SMILES string of the molecule is CNCCNC.c1ccc(CN(Cc2ccccc2)Cc2ccccc2)cc1. The van der Waals surface area contributed by atoms with Crippen LogP contribution >= 0.6 is 0 Å². The van der Waals surface area contributed by atoms with Crippen molar-refractivity contribution in [1.29, 1.82) is 0 Å². The highest BCUT2D eigenvalue weighted by Gasteiger charge is 2.08. The van der Waals surface area contributed by atoms with Gasteiger partial charge in [-0.05, 0) is 30.8 Å². The molecule has 0 bridgehead atoms. The predicted molar refractivity (Wildman–Crippen MR) is 120 cm³/mol. The van der Waals surface area contributed by atoms with Crippen LogP contribution in [0.15, 0.2) is 91.0 Å². The van der Waals surface area contributed by atoms with Gasteiger partial charge in [-0.1, -0.05) is 91.0 Å². The first-order chi connectivity index (χ1) is 13.8. The van der Waals surface area contributed by atoms with Gasteiger partial charge in [-0.2, -0.15) is 0 Å². The molecule has 0 radical (unpaired) electrons. The first-order valence-electron chi connectivity index (χ1n) is 9.95. The molecule has 28 heavy (non-hydrogen) atoms. The molecule has 3 nitrogen and oxygen atoms in total. The van der Waals surface area contributed by atoms with E-state index in [1.807, 2.05) is 14.1 Å². The fourth-order valence-electron chi connectivity index (χ4n) is 2.94. The Bertz CT molecular complexity index is 627. The molecule has 3 heteroatoms. The van der Waals surface area contributed by atoms with Gasteiger partial charge in [0.25, 0.3) is 0 Å². The lowest BCUT2D eigenvalue weighted by Crippen LogP contribution is -2.22. The topological polar surface area (TPSA) is 27.3 Å². The van der Waals surface area contributed by atoms with E-state index in [1.54, 1.807) is 0 Å². The van der Waals surface area contributed by atoms with E-state index in [-0.39, 0.29) is 0 Å². The molecule has 148 valence electrons. The Morgan fingerprint density at radius 2 is 0.786 bits per heavy atom. The summed E-state index contributed by atoms with van der Waals surface area (Å²) < 4.78 is 0. The van der Waals surface area contributed by atoms with Crippen LogP contribution in [0.25, 0.3) is 0 Å². The Morgan fingerprint density at radius 1 is 0.500 bits per heavy atom. The molecular weight excluding hydrogens is 342 g/mol. The lowest BCUT2D eigenvalue weighted by Gasteiger charge is -2.23. The van der Waals surface area contributed by atoms with Crippen LogP contribution in [-0.2, 0) is 19.6 Å². The maximum Gasteiger partial charge on any atom is 0.0240 e. The molecule has 0 atom stereocenters. The average Bonchev–Trinajstić information content (AvgIpc) is 2.75. The van der Waals surface area contributed by atoms with Crippen LogP contribution in [0.3, 0.4) is 0 Å². The minimum atomic E-state index is 0.963. The molecule has 3 aromatic rings. The third kappa shape index (κ3) is 8.96. The predicted octanol–water partition coefficient (Wildman–Crippen LogP) is 4.31. The normalized spacial score (nSPS) is 10.4. The van der Waals surface area contributed by atoms with Crippen molar-refractivity contribution in [3.8, 4) is 0 Å². The monoisotopic (exact) mass is 375 g/mol. The summed E-state index contributed by atoms with van der Waals surface area (Å²) >= 11 is 0. The number of nitrogens with zero attached hydrogens (tertiary/aromatic N) is 1. The molecule has 0 spiro atoms. The fourth-order valence-corrected chi connectivity index (χ4v) is 2.94. The molecule has 0 aliphatic heterocycles. The number of nitrogens with one attached hydrogen (secondary N) is 2. The van der Waals surface area contributed by atoms with E-state index in [0.717, 1.165) is 32.7 Å². The molecule has 0 amide bonds. The molecule has 0 unspecified atom stereocenters. The van der Waals surface area contributed by atoms with Gasteiger partial charge in [0.2, 0.25) is 0 Å². The van der Waals surface area contributed by atoms with Crippen molar-refractivity contribution >= 4 is 0 Å². The van der Waals surface area contributed by atoms with Gasteiger partial charge in [0, 0.05) is 32.7 Å². The highest BCUT2D eigenvalue weighted by molar-refractivity contribution is 5.19. The summed E-state index contributed by atoms with van der Waals surface area (Å²) in [4.78, 5) is 2.49. The smallest absolute Gasteiger partial charge is 0.0240 e. The quantitative estimate of drug-likeness (QED) is 0.546. The second-order valence-corrected chi connectivity index (χ2v) is 6.81. The number of benzene rings is 3. The molecule has 3 aromatic carbocycles. The van der Waals surface area contributed by atoms with Gasteiger partial charge in [0.1, 0.15) is 0 Å². The molecule has 3 rings (SSSR count). The summed E-state index contributed by atoms with van der Waals surface area (Å²) in [5.41, 5.74) is 4.07. The Labute approximate surface area is 170 Å². The van der Waals surface area contributed by atoms with E-state index >= 15 is 0 Å². The third-order valence-corrected chi connectivity index (χ3v) is 4.37. The van der Waals surface area contributed by atoms with Crippen molar-refractivity contribution in [3.05, 3.63) is 108 Å². The number of hydrogen-bond donors (Lipinski definition) is 2. The molecule has 0 saturated heterocycles. The largest absolute Gasteiger partial charge is 0.318 e. The van der Waals surface area contributed by atoms with E-state index in [0.29, 0.717) is 0 Å². The minimum Gasteiger partial charge on any atom is -0.318 e. The molecule has 0 aromatic heterocycles. The van der Waals surface area contributed by atoms with Gasteiger partial charge < -0.3 is 10.6 Å². The summed E-state index contributed by atoms with van der Waals surface area (Å²) in [6.07, 6.45) is 0. The molecule has 0 aliphatic rings. The van der Waals surface area contributed by atoms with Gasteiger partial charge in [-0.25, -0.2) is 0 Å². The fraction of sp³-hybridized carbons (Fsp3) is 0.280. The molecule has 0 heterocycles. The second-order valence-electron chi connectivity index (χ2n) is 6.81. The Hall–Kier alpha value is -2.46. The molecule has 0 aliphatic carbocycles. The number of hydrogen-bond acceptors (Lipinski definition) is 3. The third-order valence-electron chi connectivity index (χ3n) is 4.37. The van der Waals surface area contributed by atoms with Gasteiger partial charge in [-0.15, -0.1) is 0 Å². The van der Waals surface area contributed by atoms with E-state index in [1.165, 1.54) is 16.7 Å². The van der Waals surface area contributed by atoms with E-state index in [9.17, 15) is 0 Å². The van der Waals surface area contributed by atoms with Crippen molar-refractivity contribution in [2.24, 2.45) is 0 Å². The zero-order valence-corrected chi connectivity index (χ0v) is 17.1. The summed E-state index contributed by atoms with van der Waals surface area (Å²) in [6, 6.07) is 32.1. The van der Waals surface area contributed by atoms with Crippen LogP contribution in [0.1, 0.15) is 16.7 Å². The van der Waals surface area contributed by atoms with E-state index < -0.39 is 0 Å². The maximum atomic E-state index is 3.01. The maximum absolute atomic E-state index is 3.01. The van der Waals surface area contributed by atoms with Crippen molar-refractivity contribution in [2.75, 3.05) is 27.2 Å². The molecular formula is C25H33N3. The summed E-state index contributed by atoms with van der Waals surface area (Å²) in [5, 5.41) is 6.01.